The Balaban J connectivity index is 1.18. The van der Waals surface area contributed by atoms with Crippen LogP contribution in [0.3, 0.4) is 0 Å². The van der Waals surface area contributed by atoms with Crippen molar-refractivity contribution >= 4 is 16.7 Å². The third-order valence-electron chi connectivity index (χ3n) is 8.74. The fourth-order valence-corrected chi connectivity index (χ4v) is 6.27. The first-order valence-corrected chi connectivity index (χ1v) is 16.8. The lowest BCUT2D eigenvalue weighted by Crippen LogP contribution is -2.37. The minimum Gasteiger partial charge on any atom is -0.374 e. The monoisotopic (exact) mass is 651 g/mol. The molecule has 4 atom stereocenters. The molecule has 0 spiro atoms. The fraction of sp³-hybridized carbons (Fsp3) is 0.238. The zero-order valence-corrected chi connectivity index (χ0v) is 27.7. The summed E-state index contributed by atoms with van der Waals surface area (Å²) >= 11 is 0. The maximum absolute atomic E-state index is 6.87. The van der Waals surface area contributed by atoms with Crippen LogP contribution in [0.5, 0.6) is 0 Å². The Morgan fingerprint density at radius 3 is 1.78 bits per heavy atom. The van der Waals surface area contributed by atoms with Crippen LogP contribution in [0.15, 0.2) is 140 Å². The van der Waals surface area contributed by atoms with Gasteiger partial charge in [0.1, 0.15) is 36.1 Å². The molecular weight excluding hydrogens is 610 g/mol. The van der Waals surface area contributed by atoms with E-state index in [1.807, 2.05) is 79.7 Å². The molecule has 1 saturated heterocycles. The van der Waals surface area contributed by atoms with Crippen molar-refractivity contribution in [3.05, 3.63) is 173 Å². The fourth-order valence-electron chi connectivity index (χ4n) is 6.27. The maximum Gasteiger partial charge on any atom is 0.137 e. The Morgan fingerprint density at radius 2 is 1.16 bits per heavy atom. The molecule has 0 unspecified atom stereocenters. The predicted molar refractivity (Wildman–Crippen MR) is 192 cm³/mol. The summed E-state index contributed by atoms with van der Waals surface area (Å²) in [6, 6.07) is 47.2. The molecule has 1 aliphatic heterocycles. The molecular formula is C42H41N3O4. The largest absolute Gasteiger partial charge is 0.374 e. The molecule has 6 aromatic rings. The first kappa shape index (κ1) is 32.6. The highest BCUT2D eigenvalue weighted by Gasteiger charge is 2.47. The van der Waals surface area contributed by atoms with E-state index in [1.165, 1.54) is 5.56 Å². The van der Waals surface area contributed by atoms with E-state index in [0.717, 1.165) is 39.0 Å². The third-order valence-corrected chi connectivity index (χ3v) is 8.74. The van der Waals surface area contributed by atoms with E-state index in [2.05, 4.69) is 72.0 Å². The second-order valence-corrected chi connectivity index (χ2v) is 12.4. The van der Waals surface area contributed by atoms with Crippen LogP contribution in [0.25, 0.3) is 10.9 Å². The van der Waals surface area contributed by atoms with Gasteiger partial charge in [0, 0.05) is 11.9 Å². The molecule has 0 aliphatic carbocycles. The second kappa shape index (κ2) is 16.0. The van der Waals surface area contributed by atoms with Crippen molar-refractivity contribution in [2.24, 2.45) is 0 Å². The Morgan fingerprint density at radius 1 is 0.612 bits per heavy atom. The molecule has 0 radical (unpaired) electrons. The number of rotatable bonds is 14. The number of nitrogens with one attached hydrogen (secondary N) is 1. The summed E-state index contributed by atoms with van der Waals surface area (Å²) in [7, 11) is 0. The molecule has 248 valence electrons. The molecule has 7 nitrogen and oxygen atoms in total. The van der Waals surface area contributed by atoms with E-state index >= 15 is 0 Å². The summed E-state index contributed by atoms with van der Waals surface area (Å²) in [5.74, 6) is 1.50. The van der Waals surface area contributed by atoms with Gasteiger partial charge in [0.05, 0.1) is 31.9 Å². The molecule has 1 aromatic heterocycles. The van der Waals surface area contributed by atoms with Gasteiger partial charge in [-0.25, -0.2) is 9.97 Å². The van der Waals surface area contributed by atoms with Crippen molar-refractivity contribution in [3.63, 3.8) is 0 Å². The van der Waals surface area contributed by atoms with E-state index in [9.17, 15) is 0 Å². The molecule has 2 heterocycles. The van der Waals surface area contributed by atoms with Gasteiger partial charge in [-0.1, -0.05) is 127 Å². The highest BCUT2D eigenvalue weighted by Crippen LogP contribution is 2.40. The van der Waals surface area contributed by atoms with Gasteiger partial charge < -0.3 is 24.3 Å². The van der Waals surface area contributed by atoms with E-state index in [-0.39, 0.29) is 12.2 Å². The minimum atomic E-state index is -0.407. The van der Waals surface area contributed by atoms with Gasteiger partial charge in [-0.05, 0) is 46.9 Å². The Hall–Kier alpha value is -4.92. The Labute approximate surface area is 287 Å². The molecule has 0 amide bonds. The lowest BCUT2D eigenvalue weighted by atomic mass is 9.99. The van der Waals surface area contributed by atoms with Crippen LogP contribution in [0.2, 0.25) is 0 Å². The van der Waals surface area contributed by atoms with Gasteiger partial charge in [-0.15, -0.1) is 0 Å². The Bertz CT molecular complexity index is 1910. The molecule has 1 fully saturated rings. The number of fused-ring (bicyclic) bond motifs is 1. The van der Waals surface area contributed by atoms with Crippen molar-refractivity contribution in [1.29, 1.82) is 0 Å². The highest BCUT2D eigenvalue weighted by atomic mass is 16.6. The maximum atomic E-state index is 6.87. The number of aryl methyl sites for hydroxylation is 1. The summed E-state index contributed by atoms with van der Waals surface area (Å²) in [6.07, 6.45) is -1.54. The molecule has 0 saturated carbocycles. The lowest BCUT2D eigenvalue weighted by molar-refractivity contribution is -0.0898. The van der Waals surface area contributed by atoms with Gasteiger partial charge in [0.25, 0.3) is 0 Å². The quantitative estimate of drug-likeness (QED) is 0.127. The van der Waals surface area contributed by atoms with Gasteiger partial charge in [-0.3, -0.25) is 0 Å². The van der Waals surface area contributed by atoms with Gasteiger partial charge >= 0.3 is 0 Å². The van der Waals surface area contributed by atoms with Crippen molar-refractivity contribution in [2.75, 3.05) is 11.9 Å². The standard InChI is InChI=1S/C42H41N3O4/c1-30-44-37-24-35(22-23-36(37)42(45-30)43-25-31-14-6-2-7-15-31)39-41(48-28-34-20-12-5-13-21-34)40(47-27-33-18-10-4-11-19-33)38(49-39)29-46-26-32-16-8-3-9-17-32/h2-24,38-41H,25-29H2,1H3,(H,43,44,45)/t38-,39+,40-,41+/m1/s1. The number of nitrogens with zero attached hydrogens (tertiary/aromatic N) is 2. The number of hydrogen-bond acceptors (Lipinski definition) is 7. The van der Waals surface area contributed by atoms with Crippen molar-refractivity contribution < 1.29 is 18.9 Å². The number of aromatic nitrogens is 2. The number of benzene rings is 5. The topological polar surface area (TPSA) is 74.7 Å². The molecule has 7 rings (SSSR count). The summed E-state index contributed by atoms with van der Waals surface area (Å²) in [4.78, 5) is 9.58. The summed E-state index contributed by atoms with van der Waals surface area (Å²) in [6.45, 7) is 4.29. The van der Waals surface area contributed by atoms with E-state index in [0.29, 0.717) is 38.8 Å². The van der Waals surface area contributed by atoms with Crippen LogP contribution in [-0.4, -0.2) is 34.9 Å². The molecule has 1 aliphatic rings. The highest BCUT2D eigenvalue weighted by molar-refractivity contribution is 5.89. The van der Waals surface area contributed by atoms with Crippen LogP contribution in [0, 0.1) is 6.92 Å². The summed E-state index contributed by atoms with van der Waals surface area (Å²) in [5.41, 5.74) is 6.28. The Kier molecular flexibility index (Phi) is 10.6. The molecule has 1 N–H and O–H groups in total. The minimum absolute atomic E-state index is 0.357. The van der Waals surface area contributed by atoms with Crippen LogP contribution >= 0.6 is 0 Å². The SMILES string of the molecule is Cc1nc(NCc2ccccc2)c2ccc([C@@H]3O[C@H](COCc4ccccc4)[C@@H](OCc4ccccc4)[C@H]3OCc3ccccc3)cc2n1. The van der Waals surface area contributed by atoms with Crippen LogP contribution in [0.4, 0.5) is 5.82 Å². The normalized spacial score (nSPS) is 18.9. The summed E-state index contributed by atoms with van der Waals surface area (Å²) < 4.78 is 26.6. The second-order valence-electron chi connectivity index (χ2n) is 12.4. The average Bonchev–Trinajstić information content (AvgIpc) is 3.50. The molecule has 7 heteroatoms. The average molecular weight is 652 g/mol. The first-order valence-electron chi connectivity index (χ1n) is 16.8. The third kappa shape index (κ3) is 8.39. The summed E-state index contributed by atoms with van der Waals surface area (Å²) in [5, 5.41) is 4.47. The molecule has 0 bridgehead atoms. The van der Waals surface area contributed by atoms with Gasteiger partial charge in [0.15, 0.2) is 0 Å². The number of ether oxygens (including phenoxy) is 4. The first-order chi connectivity index (χ1) is 24.2. The smallest absolute Gasteiger partial charge is 0.137 e. The zero-order valence-electron chi connectivity index (χ0n) is 27.7. The van der Waals surface area contributed by atoms with E-state index in [1.54, 1.807) is 0 Å². The van der Waals surface area contributed by atoms with Gasteiger partial charge in [-0.2, -0.15) is 0 Å². The molecule has 49 heavy (non-hydrogen) atoms. The van der Waals surface area contributed by atoms with E-state index < -0.39 is 12.2 Å². The van der Waals surface area contributed by atoms with Crippen molar-refractivity contribution in [3.8, 4) is 0 Å². The molecule has 5 aromatic carbocycles. The van der Waals surface area contributed by atoms with Crippen LogP contribution in [-0.2, 0) is 45.3 Å². The van der Waals surface area contributed by atoms with Crippen molar-refractivity contribution in [2.45, 2.75) is 57.7 Å². The lowest BCUT2D eigenvalue weighted by Gasteiger charge is -2.25. The van der Waals surface area contributed by atoms with Crippen LogP contribution in [0.1, 0.15) is 39.7 Å². The van der Waals surface area contributed by atoms with E-state index in [4.69, 9.17) is 28.9 Å². The van der Waals surface area contributed by atoms with Crippen molar-refractivity contribution in [1.82, 2.24) is 9.97 Å². The number of hydrogen-bond donors (Lipinski definition) is 1. The number of anilines is 1. The van der Waals surface area contributed by atoms with Gasteiger partial charge in [0.2, 0.25) is 0 Å². The predicted octanol–water partition coefficient (Wildman–Crippen LogP) is 8.38. The zero-order chi connectivity index (χ0) is 33.3. The van der Waals surface area contributed by atoms with Crippen LogP contribution < -0.4 is 5.32 Å².